The summed E-state index contributed by atoms with van der Waals surface area (Å²) in [5.41, 5.74) is 1.79. The molecule has 0 aliphatic heterocycles. The van der Waals surface area contributed by atoms with Gasteiger partial charge in [0.05, 0.1) is 0 Å². The Morgan fingerprint density at radius 3 is 2.61 bits per heavy atom. The van der Waals surface area contributed by atoms with Crippen LogP contribution in [0.1, 0.15) is 5.56 Å². The van der Waals surface area contributed by atoms with Gasteiger partial charge in [-0.2, -0.15) is 0 Å². The van der Waals surface area contributed by atoms with Crippen molar-refractivity contribution < 1.29 is 9.53 Å². The van der Waals surface area contributed by atoms with Crippen molar-refractivity contribution >= 4 is 29.1 Å². The first-order valence-corrected chi connectivity index (χ1v) is 7.55. The number of nitrogens with one attached hydrogen (secondary N) is 2. The van der Waals surface area contributed by atoms with Crippen LogP contribution in [0, 0.1) is 0 Å². The van der Waals surface area contributed by atoms with Crippen LogP contribution < -0.4 is 15.4 Å². The Hall–Kier alpha value is -2.60. The van der Waals surface area contributed by atoms with Crippen LogP contribution in [0.15, 0.2) is 54.6 Å². The molecule has 23 heavy (non-hydrogen) atoms. The van der Waals surface area contributed by atoms with Crippen molar-refractivity contribution in [3.8, 4) is 5.75 Å². The number of anilines is 1. The van der Waals surface area contributed by atoms with Gasteiger partial charge in [-0.1, -0.05) is 36.4 Å². The van der Waals surface area contributed by atoms with Crippen molar-refractivity contribution in [2.75, 3.05) is 19.4 Å². The number of hydrogen-bond acceptors (Lipinski definition) is 3. The van der Waals surface area contributed by atoms with Gasteiger partial charge >= 0.3 is 6.09 Å². The lowest BCUT2D eigenvalue weighted by Crippen LogP contribution is -2.29. The van der Waals surface area contributed by atoms with Crippen LogP contribution in [0.5, 0.6) is 5.75 Å². The van der Waals surface area contributed by atoms with Gasteiger partial charge in [-0.3, -0.25) is 0 Å². The molecule has 5 nitrogen and oxygen atoms in total. The maximum absolute atomic E-state index is 12.2. The molecule has 0 aliphatic rings. The Labute approximate surface area is 141 Å². The van der Waals surface area contributed by atoms with E-state index in [0.717, 1.165) is 11.3 Å². The molecule has 0 saturated carbocycles. The van der Waals surface area contributed by atoms with Crippen molar-refractivity contribution in [1.82, 2.24) is 10.2 Å². The predicted molar refractivity (Wildman–Crippen MR) is 95.7 cm³/mol. The summed E-state index contributed by atoms with van der Waals surface area (Å²) >= 11 is 5.04. The summed E-state index contributed by atoms with van der Waals surface area (Å²) in [4.78, 5) is 13.7. The molecule has 0 aromatic heterocycles. The van der Waals surface area contributed by atoms with Crippen LogP contribution in [0.3, 0.4) is 0 Å². The average molecular weight is 329 g/mol. The Morgan fingerprint density at radius 2 is 1.91 bits per heavy atom. The van der Waals surface area contributed by atoms with E-state index in [0.29, 0.717) is 17.4 Å². The lowest BCUT2D eigenvalue weighted by Gasteiger charge is -2.17. The molecule has 0 atom stereocenters. The number of rotatable bonds is 4. The van der Waals surface area contributed by atoms with E-state index < -0.39 is 6.09 Å². The predicted octanol–water partition coefficient (Wildman–Crippen LogP) is 3.23. The van der Waals surface area contributed by atoms with E-state index in [1.165, 1.54) is 4.90 Å². The van der Waals surface area contributed by atoms with Gasteiger partial charge < -0.3 is 20.3 Å². The average Bonchev–Trinajstić information content (AvgIpc) is 2.56. The number of amides is 1. The van der Waals surface area contributed by atoms with Gasteiger partial charge in [0.15, 0.2) is 5.11 Å². The number of benzene rings is 2. The van der Waals surface area contributed by atoms with Crippen LogP contribution >= 0.6 is 12.2 Å². The number of carbonyl (C=O) groups is 1. The van der Waals surface area contributed by atoms with Crippen LogP contribution in [0.25, 0.3) is 0 Å². The monoisotopic (exact) mass is 329 g/mol. The first-order valence-electron chi connectivity index (χ1n) is 7.14. The molecular weight excluding hydrogens is 310 g/mol. The second-order valence-electron chi connectivity index (χ2n) is 4.94. The van der Waals surface area contributed by atoms with E-state index in [-0.39, 0.29) is 0 Å². The maximum atomic E-state index is 12.2. The largest absolute Gasteiger partial charge is 0.415 e. The number of thiocarbonyl (C=S) groups is 1. The molecular formula is C17H19N3O2S. The summed E-state index contributed by atoms with van der Waals surface area (Å²) in [7, 11) is 3.44. The molecule has 0 heterocycles. The minimum atomic E-state index is -0.415. The normalized spacial score (nSPS) is 9.83. The van der Waals surface area contributed by atoms with Crippen molar-refractivity contribution in [2.24, 2.45) is 0 Å². The highest BCUT2D eigenvalue weighted by Crippen LogP contribution is 2.18. The van der Waals surface area contributed by atoms with E-state index in [2.05, 4.69) is 10.6 Å². The first-order chi connectivity index (χ1) is 11.1. The topological polar surface area (TPSA) is 53.6 Å². The van der Waals surface area contributed by atoms with Crippen LogP contribution in [0.2, 0.25) is 0 Å². The van der Waals surface area contributed by atoms with Crippen molar-refractivity contribution in [3.05, 3.63) is 60.2 Å². The molecule has 0 unspecified atom stereocenters. The molecule has 0 fully saturated rings. The van der Waals surface area contributed by atoms with Crippen molar-refractivity contribution in [1.29, 1.82) is 0 Å². The standard InChI is InChI=1S/C17H19N3O2S/c1-18-16(23)19-14-9-6-10-15(11-14)22-17(21)20(2)12-13-7-4-3-5-8-13/h3-11H,12H2,1-2H3,(H2,18,19,23). The molecule has 0 bridgehead atoms. The minimum absolute atomic E-state index is 0.415. The fraction of sp³-hybridized carbons (Fsp3) is 0.176. The van der Waals surface area contributed by atoms with Crippen LogP contribution in [-0.4, -0.2) is 30.2 Å². The van der Waals surface area contributed by atoms with Crippen LogP contribution in [-0.2, 0) is 6.54 Å². The van der Waals surface area contributed by atoms with Gasteiger partial charge in [0.25, 0.3) is 0 Å². The quantitative estimate of drug-likeness (QED) is 0.844. The SMILES string of the molecule is CNC(=S)Nc1cccc(OC(=O)N(C)Cc2ccccc2)c1. The maximum Gasteiger partial charge on any atom is 0.415 e. The molecule has 6 heteroatoms. The van der Waals surface area contributed by atoms with Gasteiger partial charge in [-0.05, 0) is 29.9 Å². The van der Waals surface area contributed by atoms with Crippen molar-refractivity contribution in [3.63, 3.8) is 0 Å². The number of nitrogens with zero attached hydrogens (tertiary/aromatic N) is 1. The Bertz CT molecular complexity index is 677. The van der Waals surface area contributed by atoms with Gasteiger partial charge in [-0.25, -0.2) is 4.79 Å². The molecule has 0 aliphatic carbocycles. The van der Waals surface area contributed by atoms with Gasteiger partial charge in [0.1, 0.15) is 5.75 Å². The molecule has 2 aromatic carbocycles. The second kappa shape index (κ2) is 8.14. The third kappa shape index (κ3) is 5.27. The third-order valence-electron chi connectivity index (χ3n) is 3.10. The van der Waals surface area contributed by atoms with E-state index in [4.69, 9.17) is 17.0 Å². The lowest BCUT2D eigenvalue weighted by atomic mass is 10.2. The highest BCUT2D eigenvalue weighted by Gasteiger charge is 2.12. The smallest absolute Gasteiger partial charge is 0.410 e. The van der Waals surface area contributed by atoms with Crippen molar-refractivity contribution in [2.45, 2.75) is 6.54 Å². The Morgan fingerprint density at radius 1 is 1.17 bits per heavy atom. The fourth-order valence-electron chi connectivity index (χ4n) is 1.93. The number of ether oxygens (including phenoxy) is 1. The molecule has 2 aromatic rings. The van der Waals surface area contributed by atoms with E-state index in [9.17, 15) is 4.79 Å². The van der Waals surface area contributed by atoms with E-state index in [1.54, 1.807) is 32.3 Å². The zero-order valence-corrected chi connectivity index (χ0v) is 13.9. The second-order valence-corrected chi connectivity index (χ2v) is 5.35. The Balaban J connectivity index is 1.96. The molecule has 0 spiro atoms. The van der Waals surface area contributed by atoms with E-state index >= 15 is 0 Å². The Kier molecular flexibility index (Phi) is 5.94. The number of carbonyl (C=O) groups excluding carboxylic acids is 1. The molecule has 0 radical (unpaired) electrons. The van der Waals surface area contributed by atoms with Gasteiger partial charge in [0, 0.05) is 32.4 Å². The zero-order valence-electron chi connectivity index (χ0n) is 13.1. The zero-order chi connectivity index (χ0) is 16.7. The highest BCUT2D eigenvalue weighted by atomic mass is 32.1. The summed E-state index contributed by atoms with van der Waals surface area (Å²) in [5, 5.41) is 6.31. The number of hydrogen-bond donors (Lipinski definition) is 2. The van der Waals surface area contributed by atoms with Gasteiger partial charge in [-0.15, -0.1) is 0 Å². The highest BCUT2D eigenvalue weighted by molar-refractivity contribution is 7.80. The minimum Gasteiger partial charge on any atom is -0.410 e. The third-order valence-corrected chi connectivity index (χ3v) is 3.40. The fourth-order valence-corrected chi connectivity index (χ4v) is 2.05. The molecule has 120 valence electrons. The summed E-state index contributed by atoms with van der Waals surface area (Å²) in [6.45, 7) is 0.488. The van der Waals surface area contributed by atoms with E-state index in [1.807, 2.05) is 36.4 Å². The molecule has 2 rings (SSSR count). The summed E-state index contributed by atoms with van der Waals surface area (Å²) in [6, 6.07) is 16.8. The molecule has 2 N–H and O–H groups in total. The molecule has 1 amide bonds. The summed E-state index contributed by atoms with van der Waals surface area (Å²) in [6.07, 6.45) is -0.415. The first kappa shape index (κ1) is 16.8. The lowest BCUT2D eigenvalue weighted by molar-refractivity contribution is 0.161. The summed E-state index contributed by atoms with van der Waals surface area (Å²) in [5.74, 6) is 0.457. The van der Waals surface area contributed by atoms with Crippen LogP contribution in [0.4, 0.5) is 10.5 Å². The summed E-state index contributed by atoms with van der Waals surface area (Å²) < 4.78 is 5.39. The molecule has 0 saturated heterocycles. The van der Waals surface area contributed by atoms with Gasteiger partial charge in [0.2, 0.25) is 0 Å².